The molecule has 0 nitrogen and oxygen atoms in total. The van der Waals surface area contributed by atoms with Gasteiger partial charge in [0.2, 0.25) is 0 Å². The molecule has 1 aliphatic rings. The summed E-state index contributed by atoms with van der Waals surface area (Å²) in [5.74, 6) is 0.345. The van der Waals surface area contributed by atoms with E-state index < -0.39 is 0 Å². The molecule has 118 valence electrons. The zero-order chi connectivity index (χ0) is 16.7. The van der Waals surface area contributed by atoms with Crippen LogP contribution in [-0.4, -0.2) is 0 Å². The van der Waals surface area contributed by atoms with Crippen molar-refractivity contribution in [2.24, 2.45) is 0 Å². The number of allylic oxidation sites excluding steroid dienone is 1. The minimum atomic E-state index is 0.345. The quantitative estimate of drug-likeness (QED) is 0.529. The maximum absolute atomic E-state index is 2.45. The first-order valence-electron chi connectivity index (χ1n) is 8.59. The van der Waals surface area contributed by atoms with Gasteiger partial charge in [0, 0.05) is 5.92 Å². The molecule has 4 rings (SSSR count). The van der Waals surface area contributed by atoms with Gasteiger partial charge in [0.25, 0.3) is 0 Å². The van der Waals surface area contributed by atoms with E-state index in [4.69, 9.17) is 0 Å². The molecule has 0 saturated carbocycles. The van der Waals surface area contributed by atoms with Crippen LogP contribution >= 0.6 is 0 Å². The summed E-state index contributed by atoms with van der Waals surface area (Å²) in [4.78, 5) is 0. The van der Waals surface area contributed by atoms with E-state index in [9.17, 15) is 0 Å². The van der Waals surface area contributed by atoms with Gasteiger partial charge in [-0.3, -0.25) is 0 Å². The first-order valence-corrected chi connectivity index (χ1v) is 8.59. The maximum atomic E-state index is 2.45. The van der Waals surface area contributed by atoms with Gasteiger partial charge < -0.3 is 0 Å². The average Bonchev–Trinajstić information content (AvgIpc) is 2.94. The summed E-state index contributed by atoms with van der Waals surface area (Å²) in [5, 5.41) is 0. The third kappa shape index (κ3) is 2.39. The summed E-state index contributed by atoms with van der Waals surface area (Å²) in [6.45, 7) is 6.64. The Morgan fingerprint density at radius 1 is 0.708 bits per heavy atom. The molecule has 1 unspecified atom stereocenters. The molecule has 0 aliphatic heterocycles. The largest absolute Gasteiger partial charge is 0.0641 e. The molecule has 0 radical (unpaired) electrons. The predicted octanol–water partition coefficient (Wildman–Crippen LogP) is 6.19. The lowest BCUT2D eigenvalue weighted by Crippen LogP contribution is -1.96. The third-order valence-corrected chi connectivity index (χ3v) is 5.02. The lowest BCUT2D eigenvalue weighted by molar-refractivity contribution is 1.05. The molecule has 1 atom stereocenters. The first-order chi connectivity index (χ1) is 11.6. The van der Waals surface area contributed by atoms with E-state index in [1.165, 1.54) is 44.5 Å². The van der Waals surface area contributed by atoms with Crippen molar-refractivity contribution in [2.45, 2.75) is 26.7 Å². The summed E-state index contributed by atoms with van der Waals surface area (Å²) < 4.78 is 0. The minimum absolute atomic E-state index is 0.345. The van der Waals surface area contributed by atoms with Crippen molar-refractivity contribution >= 4 is 5.57 Å². The van der Waals surface area contributed by atoms with Gasteiger partial charge >= 0.3 is 0 Å². The predicted molar refractivity (Wildman–Crippen MR) is 102 cm³/mol. The van der Waals surface area contributed by atoms with E-state index in [1.807, 2.05) is 0 Å². The fraction of sp³-hybridized carbons (Fsp3) is 0.167. The smallest absolute Gasteiger partial charge is 0.0284 e. The Bertz CT molecular complexity index is 906. The molecule has 0 heterocycles. The van der Waals surface area contributed by atoms with Gasteiger partial charge in [0.05, 0.1) is 0 Å². The van der Waals surface area contributed by atoms with Crippen LogP contribution in [0.15, 0.2) is 72.8 Å². The van der Waals surface area contributed by atoms with E-state index in [-0.39, 0.29) is 0 Å². The monoisotopic (exact) mass is 310 g/mol. The summed E-state index contributed by atoms with van der Waals surface area (Å²) in [6.07, 6.45) is 2.45. The van der Waals surface area contributed by atoms with Crippen molar-refractivity contribution in [3.63, 3.8) is 0 Å². The normalized spacial score (nSPS) is 16.0. The molecule has 0 N–H and O–H groups in total. The molecule has 1 aliphatic carbocycles. The van der Waals surface area contributed by atoms with E-state index in [0.29, 0.717) is 5.92 Å². The first kappa shape index (κ1) is 15.0. The molecule has 24 heavy (non-hydrogen) atoms. The number of hydrogen-bond donors (Lipinski definition) is 0. The molecule has 0 heteroatoms. The SMILES string of the molecule is Cc1cc(C)c(C2=CC(c3ccccc3)c3ccccc32)c(C)c1. The fourth-order valence-corrected chi connectivity index (χ4v) is 4.12. The molecule has 0 aromatic heterocycles. The van der Waals surface area contributed by atoms with Gasteiger partial charge in [0.15, 0.2) is 0 Å². The second-order valence-electron chi connectivity index (χ2n) is 6.83. The highest BCUT2D eigenvalue weighted by atomic mass is 14.3. The molecule has 0 amide bonds. The van der Waals surface area contributed by atoms with E-state index in [0.717, 1.165) is 0 Å². The topological polar surface area (TPSA) is 0 Å². The molecule has 3 aromatic rings. The molecule has 0 saturated heterocycles. The second-order valence-corrected chi connectivity index (χ2v) is 6.83. The van der Waals surface area contributed by atoms with Crippen molar-refractivity contribution in [3.05, 3.63) is 112 Å². The molecule has 0 spiro atoms. The van der Waals surface area contributed by atoms with Crippen LogP contribution in [0.3, 0.4) is 0 Å². The average molecular weight is 310 g/mol. The number of hydrogen-bond acceptors (Lipinski definition) is 0. The third-order valence-electron chi connectivity index (χ3n) is 5.02. The highest BCUT2D eigenvalue weighted by molar-refractivity contribution is 5.89. The summed E-state index contributed by atoms with van der Waals surface area (Å²) >= 11 is 0. The van der Waals surface area contributed by atoms with Crippen molar-refractivity contribution < 1.29 is 0 Å². The molecular formula is C24H22. The van der Waals surface area contributed by atoms with Crippen molar-refractivity contribution in [1.29, 1.82) is 0 Å². The van der Waals surface area contributed by atoms with Crippen molar-refractivity contribution in [1.82, 2.24) is 0 Å². The van der Waals surface area contributed by atoms with Crippen LogP contribution < -0.4 is 0 Å². The number of aryl methyl sites for hydroxylation is 3. The van der Waals surface area contributed by atoms with E-state index in [1.54, 1.807) is 0 Å². The van der Waals surface area contributed by atoms with Gasteiger partial charge in [-0.1, -0.05) is 78.4 Å². The Morgan fingerprint density at radius 3 is 2.04 bits per heavy atom. The van der Waals surface area contributed by atoms with Gasteiger partial charge in [-0.05, 0) is 59.7 Å². The second kappa shape index (κ2) is 5.79. The molecular weight excluding hydrogens is 288 g/mol. The Morgan fingerprint density at radius 2 is 1.33 bits per heavy atom. The fourth-order valence-electron chi connectivity index (χ4n) is 4.12. The van der Waals surface area contributed by atoms with Crippen LogP contribution in [-0.2, 0) is 0 Å². The standard InChI is InChI=1S/C24H22/c1-16-13-17(2)24(18(3)14-16)23-15-22(19-9-5-4-6-10-19)20-11-7-8-12-21(20)23/h4-15,22H,1-3H3. The molecule has 0 fully saturated rings. The lowest BCUT2D eigenvalue weighted by atomic mass is 9.90. The Balaban J connectivity index is 1.94. The highest BCUT2D eigenvalue weighted by Crippen LogP contribution is 2.44. The maximum Gasteiger partial charge on any atom is 0.0284 e. The Kier molecular flexibility index (Phi) is 3.61. The zero-order valence-corrected chi connectivity index (χ0v) is 14.5. The van der Waals surface area contributed by atoms with Crippen LogP contribution in [0.25, 0.3) is 5.57 Å². The van der Waals surface area contributed by atoms with Crippen molar-refractivity contribution in [2.75, 3.05) is 0 Å². The molecule has 0 bridgehead atoms. The van der Waals surface area contributed by atoms with Gasteiger partial charge in [-0.25, -0.2) is 0 Å². The van der Waals surface area contributed by atoms with Crippen molar-refractivity contribution in [3.8, 4) is 0 Å². The summed E-state index contributed by atoms with van der Waals surface area (Å²) in [5.41, 5.74) is 11.0. The van der Waals surface area contributed by atoms with E-state index >= 15 is 0 Å². The summed E-state index contributed by atoms with van der Waals surface area (Å²) in [7, 11) is 0. The van der Waals surface area contributed by atoms with Gasteiger partial charge in [-0.15, -0.1) is 0 Å². The van der Waals surface area contributed by atoms with E-state index in [2.05, 4.69) is 93.6 Å². The molecule has 3 aromatic carbocycles. The number of rotatable bonds is 2. The number of fused-ring (bicyclic) bond motifs is 1. The lowest BCUT2D eigenvalue weighted by Gasteiger charge is -2.14. The van der Waals surface area contributed by atoms with Crippen LogP contribution in [0.1, 0.15) is 44.9 Å². The van der Waals surface area contributed by atoms with Crippen LogP contribution in [0.4, 0.5) is 0 Å². The summed E-state index contributed by atoms with van der Waals surface area (Å²) in [6, 6.07) is 24.2. The van der Waals surface area contributed by atoms with Gasteiger partial charge in [-0.2, -0.15) is 0 Å². The zero-order valence-electron chi connectivity index (χ0n) is 14.5. The Labute approximate surface area is 144 Å². The van der Waals surface area contributed by atoms with Crippen LogP contribution in [0, 0.1) is 20.8 Å². The number of benzene rings is 3. The minimum Gasteiger partial charge on any atom is -0.0641 e. The van der Waals surface area contributed by atoms with Crippen LogP contribution in [0.2, 0.25) is 0 Å². The highest BCUT2D eigenvalue weighted by Gasteiger charge is 2.26. The Hall–Kier alpha value is -2.60. The van der Waals surface area contributed by atoms with Crippen LogP contribution in [0.5, 0.6) is 0 Å². The van der Waals surface area contributed by atoms with Gasteiger partial charge in [0.1, 0.15) is 0 Å².